The highest BCUT2D eigenvalue weighted by Crippen LogP contribution is 2.63. The van der Waals surface area contributed by atoms with Gasteiger partial charge in [0.05, 0.1) is 6.20 Å². The maximum Gasteiger partial charge on any atom is 0.224 e. The van der Waals surface area contributed by atoms with Gasteiger partial charge >= 0.3 is 0 Å². The van der Waals surface area contributed by atoms with Crippen molar-refractivity contribution in [1.82, 2.24) is 9.97 Å². The van der Waals surface area contributed by atoms with Crippen molar-refractivity contribution in [3.05, 3.63) is 11.2 Å². The highest BCUT2D eigenvalue weighted by atomic mass is 35.5. The van der Waals surface area contributed by atoms with Crippen molar-refractivity contribution in [2.24, 2.45) is 16.7 Å². The van der Waals surface area contributed by atoms with E-state index in [-0.39, 0.29) is 5.41 Å². The Hall–Kier alpha value is -1.03. The number of nitrogens with one attached hydrogen (secondary N) is 2. The Labute approximate surface area is 132 Å². The minimum atomic E-state index is 0.277. The van der Waals surface area contributed by atoms with Crippen LogP contribution in [0.3, 0.4) is 0 Å². The van der Waals surface area contributed by atoms with Crippen molar-refractivity contribution in [3.63, 3.8) is 0 Å². The van der Waals surface area contributed by atoms with Crippen molar-refractivity contribution in [2.45, 2.75) is 53.0 Å². The summed E-state index contributed by atoms with van der Waals surface area (Å²) in [6.07, 6.45) is 5.63. The summed E-state index contributed by atoms with van der Waals surface area (Å²) in [5.74, 6) is 2.19. The Balaban J connectivity index is 1.88. The fourth-order valence-electron chi connectivity index (χ4n) is 4.51. The summed E-state index contributed by atoms with van der Waals surface area (Å²) >= 11 is 6.30. The predicted octanol–water partition coefficient (Wildman–Crippen LogP) is 4.19. The number of aromatic nitrogens is 2. The quantitative estimate of drug-likeness (QED) is 0.875. The fraction of sp³-hybridized carbons (Fsp3) is 0.750. The zero-order valence-corrected chi connectivity index (χ0v) is 14.1. The van der Waals surface area contributed by atoms with Crippen molar-refractivity contribution in [1.29, 1.82) is 0 Å². The molecule has 0 saturated heterocycles. The molecule has 2 aliphatic rings. The second-order valence-electron chi connectivity index (χ2n) is 7.41. The molecule has 3 atom stereocenters. The lowest BCUT2D eigenvalue weighted by atomic mass is 9.68. The van der Waals surface area contributed by atoms with Gasteiger partial charge < -0.3 is 10.6 Å². The Kier molecular flexibility index (Phi) is 3.55. The molecule has 2 saturated carbocycles. The predicted molar refractivity (Wildman–Crippen MR) is 87.8 cm³/mol. The molecule has 3 rings (SSSR count). The summed E-state index contributed by atoms with van der Waals surface area (Å²) in [7, 11) is 0. The standard InChI is InChI=1S/C16H25ClN4/c1-5-18-14-19-9-11(17)12(21-14)20-13-15(2,3)10-6-7-16(13,4)8-10/h9-10,13H,5-8H2,1-4H3,(H2,18,19,20,21). The molecule has 2 aliphatic carbocycles. The summed E-state index contributed by atoms with van der Waals surface area (Å²) in [5.41, 5.74) is 0.625. The molecule has 3 unspecified atom stereocenters. The molecule has 2 N–H and O–H groups in total. The third-order valence-corrected chi connectivity index (χ3v) is 5.91. The van der Waals surface area contributed by atoms with Gasteiger partial charge in [-0.3, -0.25) is 0 Å². The van der Waals surface area contributed by atoms with E-state index in [4.69, 9.17) is 11.6 Å². The fourth-order valence-corrected chi connectivity index (χ4v) is 4.66. The van der Waals surface area contributed by atoms with Crippen molar-refractivity contribution >= 4 is 23.4 Å². The van der Waals surface area contributed by atoms with E-state index in [2.05, 4.69) is 41.4 Å². The molecule has 0 spiro atoms. The van der Waals surface area contributed by atoms with E-state index < -0.39 is 0 Å². The summed E-state index contributed by atoms with van der Waals surface area (Å²) in [6.45, 7) is 9.99. The molecule has 0 aliphatic heterocycles. The SMILES string of the molecule is CCNc1ncc(Cl)c(NC2C3(C)CCC(C3)C2(C)C)n1. The number of fused-ring (bicyclic) bond motifs is 2. The van der Waals surface area contributed by atoms with E-state index in [9.17, 15) is 0 Å². The van der Waals surface area contributed by atoms with E-state index in [1.807, 2.05) is 6.92 Å². The molecule has 0 aromatic carbocycles. The van der Waals surface area contributed by atoms with Crippen LogP contribution in [0.25, 0.3) is 0 Å². The molecule has 0 radical (unpaired) electrons. The zero-order valence-electron chi connectivity index (χ0n) is 13.3. The Morgan fingerprint density at radius 2 is 2.14 bits per heavy atom. The van der Waals surface area contributed by atoms with Crippen LogP contribution in [0.5, 0.6) is 0 Å². The lowest BCUT2D eigenvalue weighted by Gasteiger charge is -2.43. The average Bonchev–Trinajstić information content (AvgIpc) is 2.89. The zero-order chi connectivity index (χ0) is 15.3. The van der Waals surface area contributed by atoms with Gasteiger partial charge in [-0.1, -0.05) is 32.4 Å². The Morgan fingerprint density at radius 1 is 1.38 bits per heavy atom. The summed E-state index contributed by atoms with van der Waals surface area (Å²) in [6, 6.07) is 0.408. The van der Waals surface area contributed by atoms with Crippen molar-refractivity contribution < 1.29 is 0 Å². The monoisotopic (exact) mass is 308 g/mol. The first-order valence-corrected chi connectivity index (χ1v) is 8.27. The summed E-state index contributed by atoms with van der Waals surface area (Å²) in [5, 5.41) is 7.39. The molecular formula is C16H25ClN4. The molecule has 2 fully saturated rings. The first kappa shape index (κ1) is 14.9. The minimum Gasteiger partial charge on any atom is -0.365 e. The average molecular weight is 309 g/mol. The van der Waals surface area contributed by atoms with E-state index in [1.54, 1.807) is 6.20 Å². The highest BCUT2D eigenvalue weighted by Gasteiger charge is 2.59. The van der Waals surface area contributed by atoms with E-state index in [0.29, 0.717) is 22.4 Å². The van der Waals surface area contributed by atoms with Gasteiger partial charge in [0.15, 0.2) is 5.82 Å². The highest BCUT2D eigenvalue weighted by molar-refractivity contribution is 6.32. The number of anilines is 2. The molecule has 116 valence electrons. The van der Waals surface area contributed by atoms with Crippen molar-refractivity contribution in [2.75, 3.05) is 17.2 Å². The van der Waals surface area contributed by atoms with Crippen LogP contribution < -0.4 is 10.6 Å². The molecule has 4 nitrogen and oxygen atoms in total. The van der Waals surface area contributed by atoms with Gasteiger partial charge in [-0.25, -0.2) is 4.98 Å². The molecule has 5 heteroatoms. The first-order valence-electron chi connectivity index (χ1n) is 7.90. The van der Waals surface area contributed by atoms with Gasteiger partial charge in [0.25, 0.3) is 0 Å². The number of halogens is 1. The lowest BCUT2D eigenvalue weighted by molar-refractivity contribution is 0.155. The van der Waals surface area contributed by atoms with Crippen LogP contribution in [0.4, 0.5) is 11.8 Å². The van der Waals surface area contributed by atoms with E-state index in [1.165, 1.54) is 19.3 Å². The maximum absolute atomic E-state index is 6.30. The van der Waals surface area contributed by atoms with Crippen LogP contribution in [0.15, 0.2) is 6.20 Å². The second kappa shape index (κ2) is 5.01. The van der Waals surface area contributed by atoms with Gasteiger partial charge in [-0.2, -0.15) is 4.98 Å². The van der Waals surface area contributed by atoms with Crippen LogP contribution in [-0.2, 0) is 0 Å². The van der Waals surface area contributed by atoms with Crippen LogP contribution in [0.1, 0.15) is 47.0 Å². The van der Waals surface area contributed by atoms with Crippen LogP contribution in [0.2, 0.25) is 5.02 Å². The number of hydrogen-bond donors (Lipinski definition) is 2. The Bertz CT molecular complexity index is 540. The second-order valence-corrected chi connectivity index (χ2v) is 7.82. The minimum absolute atomic E-state index is 0.277. The molecule has 2 bridgehead atoms. The molecule has 1 aromatic rings. The summed E-state index contributed by atoms with van der Waals surface area (Å²) in [4.78, 5) is 8.75. The number of hydrogen-bond acceptors (Lipinski definition) is 4. The van der Waals surface area contributed by atoms with Gasteiger partial charge in [-0.15, -0.1) is 0 Å². The lowest BCUT2D eigenvalue weighted by Crippen LogP contribution is -2.46. The number of nitrogens with zero attached hydrogens (tertiary/aromatic N) is 2. The molecule has 1 aromatic heterocycles. The van der Waals surface area contributed by atoms with Gasteiger partial charge in [0, 0.05) is 12.6 Å². The maximum atomic E-state index is 6.30. The van der Waals surface area contributed by atoms with Gasteiger partial charge in [0.2, 0.25) is 5.95 Å². The Morgan fingerprint density at radius 3 is 2.76 bits per heavy atom. The van der Waals surface area contributed by atoms with Crippen LogP contribution in [0, 0.1) is 16.7 Å². The third kappa shape index (κ3) is 2.37. The van der Waals surface area contributed by atoms with E-state index >= 15 is 0 Å². The molecule has 21 heavy (non-hydrogen) atoms. The van der Waals surface area contributed by atoms with Crippen LogP contribution in [-0.4, -0.2) is 22.6 Å². The van der Waals surface area contributed by atoms with E-state index in [0.717, 1.165) is 18.3 Å². The molecule has 0 amide bonds. The smallest absolute Gasteiger partial charge is 0.224 e. The topological polar surface area (TPSA) is 49.8 Å². The third-order valence-electron chi connectivity index (χ3n) is 5.63. The normalized spacial score (nSPS) is 33.2. The number of rotatable bonds is 4. The van der Waals surface area contributed by atoms with Crippen molar-refractivity contribution in [3.8, 4) is 0 Å². The molecule has 1 heterocycles. The first-order chi connectivity index (χ1) is 9.87. The van der Waals surface area contributed by atoms with Gasteiger partial charge in [-0.05, 0) is 42.9 Å². The summed E-state index contributed by atoms with van der Waals surface area (Å²) < 4.78 is 0. The largest absolute Gasteiger partial charge is 0.365 e. The molecular weight excluding hydrogens is 284 g/mol. The van der Waals surface area contributed by atoms with Gasteiger partial charge in [0.1, 0.15) is 5.02 Å². The van der Waals surface area contributed by atoms with Crippen LogP contribution >= 0.6 is 11.6 Å².